The first kappa shape index (κ1) is 23.0. The van der Waals surface area contributed by atoms with Crippen LogP contribution in [0.2, 0.25) is 4.34 Å². The zero-order chi connectivity index (χ0) is 21.6. The van der Waals surface area contributed by atoms with Gasteiger partial charge in [-0.2, -0.15) is 0 Å². The average molecular weight is 472 g/mol. The number of sulfonamides is 1. The van der Waals surface area contributed by atoms with E-state index in [-0.39, 0.29) is 23.8 Å². The minimum atomic E-state index is -3.65. The number of halogens is 1. The van der Waals surface area contributed by atoms with Gasteiger partial charge >= 0.3 is 0 Å². The van der Waals surface area contributed by atoms with Crippen LogP contribution in [0.25, 0.3) is 0 Å². The normalized spacial score (nSPS) is 15.3. The predicted molar refractivity (Wildman–Crippen MR) is 119 cm³/mol. The van der Waals surface area contributed by atoms with E-state index in [1.54, 1.807) is 28.4 Å². The Balaban J connectivity index is 1.41. The van der Waals surface area contributed by atoms with Crippen molar-refractivity contribution in [3.63, 3.8) is 0 Å². The standard InChI is InChI=1S/C20H26ClN3O4S2/c1-2-28-16-3-6-18(7-4-16)30(26,27)22-10-9-20(25)24-13-11-23(12-14-24)15-17-5-8-19(21)29-17/h3-8,22H,2,9-15H2,1H3. The van der Waals surface area contributed by atoms with Gasteiger partial charge in [-0.15, -0.1) is 11.3 Å². The van der Waals surface area contributed by atoms with E-state index < -0.39 is 10.0 Å². The molecule has 7 nitrogen and oxygen atoms in total. The number of piperazine rings is 1. The maximum Gasteiger partial charge on any atom is 0.240 e. The van der Waals surface area contributed by atoms with Crippen LogP contribution in [0.4, 0.5) is 0 Å². The summed E-state index contributed by atoms with van der Waals surface area (Å²) in [7, 11) is -3.65. The number of ether oxygens (including phenoxy) is 1. The van der Waals surface area contributed by atoms with Crippen LogP contribution in [0, 0.1) is 0 Å². The van der Waals surface area contributed by atoms with E-state index in [1.165, 1.54) is 17.0 Å². The predicted octanol–water partition coefficient (Wildman–Crippen LogP) is 2.81. The molecule has 1 aliphatic heterocycles. The molecule has 30 heavy (non-hydrogen) atoms. The Labute approximate surface area is 186 Å². The molecule has 1 aliphatic rings. The van der Waals surface area contributed by atoms with E-state index in [4.69, 9.17) is 16.3 Å². The molecule has 10 heteroatoms. The molecule has 0 aliphatic carbocycles. The fourth-order valence-electron chi connectivity index (χ4n) is 3.23. The Bertz CT molecular complexity index is 939. The Morgan fingerprint density at radius 2 is 1.83 bits per heavy atom. The number of amides is 1. The average Bonchev–Trinajstić information content (AvgIpc) is 3.13. The number of hydrogen-bond acceptors (Lipinski definition) is 6. The van der Waals surface area contributed by atoms with Crippen molar-refractivity contribution in [3.05, 3.63) is 45.6 Å². The van der Waals surface area contributed by atoms with Gasteiger partial charge in [0.15, 0.2) is 0 Å². The minimum Gasteiger partial charge on any atom is -0.494 e. The molecule has 0 atom stereocenters. The molecule has 2 aromatic rings. The first-order valence-electron chi connectivity index (χ1n) is 9.84. The van der Waals surface area contributed by atoms with Gasteiger partial charge in [-0.1, -0.05) is 11.6 Å². The summed E-state index contributed by atoms with van der Waals surface area (Å²) in [5.74, 6) is 0.580. The summed E-state index contributed by atoms with van der Waals surface area (Å²) in [5.41, 5.74) is 0. The van der Waals surface area contributed by atoms with Crippen LogP contribution in [-0.2, 0) is 21.4 Å². The molecule has 0 spiro atoms. The molecule has 164 valence electrons. The summed E-state index contributed by atoms with van der Waals surface area (Å²) in [6.45, 7) is 6.15. The van der Waals surface area contributed by atoms with Gasteiger partial charge in [0, 0.05) is 50.6 Å². The lowest BCUT2D eigenvalue weighted by Crippen LogP contribution is -2.48. The number of nitrogens with one attached hydrogen (secondary N) is 1. The highest BCUT2D eigenvalue weighted by Crippen LogP contribution is 2.23. The zero-order valence-corrected chi connectivity index (χ0v) is 19.2. The fraction of sp³-hybridized carbons (Fsp3) is 0.450. The lowest BCUT2D eigenvalue weighted by Gasteiger charge is -2.34. The molecule has 0 bridgehead atoms. The number of hydrogen-bond donors (Lipinski definition) is 1. The summed E-state index contributed by atoms with van der Waals surface area (Å²) >= 11 is 7.55. The van der Waals surface area contributed by atoms with E-state index in [2.05, 4.69) is 9.62 Å². The molecule has 1 aromatic carbocycles. The maximum atomic E-state index is 12.4. The van der Waals surface area contributed by atoms with Gasteiger partial charge in [0.05, 0.1) is 15.8 Å². The lowest BCUT2D eigenvalue weighted by molar-refractivity contribution is -0.132. The van der Waals surface area contributed by atoms with Gasteiger partial charge in [-0.05, 0) is 43.3 Å². The number of carbonyl (C=O) groups is 1. The molecule has 0 unspecified atom stereocenters. The molecular weight excluding hydrogens is 446 g/mol. The first-order valence-corrected chi connectivity index (χ1v) is 12.5. The molecule has 1 amide bonds. The van der Waals surface area contributed by atoms with Crippen molar-refractivity contribution in [1.29, 1.82) is 0 Å². The van der Waals surface area contributed by atoms with Gasteiger partial charge in [0.2, 0.25) is 15.9 Å². The van der Waals surface area contributed by atoms with Gasteiger partial charge in [0.25, 0.3) is 0 Å². The first-order chi connectivity index (χ1) is 14.4. The smallest absolute Gasteiger partial charge is 0.240 e. The summed E-state index contributed by atoms with van der Waals surface area (Å²) in [5, 5.41) is 0. The van der Waals surface area contributed by atoms with Crippen molar-refractivity contribution in [3.8, 4) is 5.75 Å². The van der Waals surface area contributed by atoms with Gasteiger partial charge in [-0.25, -0.2) is 13.1 Å². The maximum absolute atomic E-state index is 12.4. The van der Waals surface area contributed by atoms with Gasteiger partial charge in [0.1, 0.15) is 5.75 Å². The van der Waals surface area contributed by atoms with Crippen molar-refractivity contribution in [2.45, 2.75) is 24.8 Å². The fourth-order valence-corrected chi connectivity index (χ4v) is 5.39. The number of nitrogens with zero attached hydrogens (tertiary/aromatic N) is 2. The molecule has 1 N–H and O–H groups in total. The van der Waals surface area contributed by atoms with Gasteiger partial charge < -0.3 is 9.64 Å². The third-order valence-electron chi connectivity index (χ3n) is 4.81. The molecule has 3 rings (SSSR count). The second kappa shape index (κ2) is 10.6. The molecular formula is C20H26ClN3O4S2. The van der Waals surface area contributed by atoms with Crippen LogP contribution in [0.1, 0.15) is 18.2 Å². The summed E-state index contributed by atoms with van der Waals surface area (Å²) in [6, 6.07) is 10.2. The van der Waals surface area contributed by atoms with Crippen molar-refractivity contribution in [1.82, 2.24) is 14.5 Å². The molecule has 0 radical (unpaired) electrons. The van der Waals surface area contributed by atoms with Crippen molar-refractivity contribution in [2.24, 2.45) is 0 Å². The Morgan fingerprint density at radius 1 is 1.13 bits per heavy atom. The highest BCUT2D eigenvalue weighted by atomic mass is 35.5. The topological polar surface area (TPSA) is 78.9 Å². The molecule has 0 saturated carbocycles. The van der Waals surface area contributed by atoms with E-state index in [0.29, 0.717) is 25.4 Å². The third-order valence-corrected chi connectivity index (χ3v) is 7.50. The van der Waals surface area contributed by atoms with E-state index in [9.17, 15) is 13.2 Å². The number of rotatable bonds is 9. The third kappa shape index (κ3) is 6.42. The highest BCUT2D eigenvalue weighted by Gasteiger charge is 2.22. The number of thiophene rings is 1. The molecule has 1 aromatic heterocycles. The zero-order valence-electron chi connectivity index (χ0n) is 16.8. The van der Waals surface area contributed by atoms with E-state index >= 15 is 0 Å². The van der Waals surface area contributed by atoms with Gasteiger partial charge in [-0.3, -0.25) is 9.69 Å². The summed E-state index contributed by atoms with van der Waals surface area (Å²) < 4.78 is 33.4. The summed E-state index contributed by atoms with van der Waals surface area (Å²) in [6.07, 6.45) is 0.136. The lowest BCUT2D eigenvalue weighted by atomic mass is 10.2. The van der Waals surface area contributed by atoms with Crippen LogP contribution in [0.3, 0.4) is 0 Å². The Hall–Kier alpha value is -1.65. The highest BCUT2D eigenvalue weighted by molar-refractivity contribution is 7.89. The van der Waals surface area contributed by atoms with Crippen LogP contribution >= 0.6 is 22.9 Å². The minimum absolute atomic E-state index is 0.0387. The van der Waals surface area contributed by atoms with Crippen LogP contribution in [0.5, 0.6) is 5.75 Å². The van der Waals surface area contributed by atoms with Crippen LogP contribution < -0.4 is 9.46 Å². The second-order valence-corrected chi connectivity index (χ2v) is 10.5. The van der Waals surface area contributed by atoms with E-state index in [1.807, 2.05) is 19.1 Å². The number of benzene rings is 1. The quantitative estimate of drug-likeness (QED) is 0.608. The SMILES string of the molecule is CCOc1ccc(S(=O)(=O)NCCC(=O)N2CCN(Cc3ccc(Cl)s3)CC2)cc1. The molecule has 1 fully saturated rings. The summed E-state index contributed by atoms with van der Waals surface area (Å²) in [4.78, 5) is 17.9. The van der Waals surface area contributed by atoms with Crippen LogP contribution in [-0.4, -0.2) is 63.5 Å². The van der Waals surface area contributed by atoms with Crippen molar-refractivity contribution < 1.29 is 17.9 Å². The van der Waals surface area contributed by atoms with E-state index in [0.717, 1.165) is 24.0 Å². The number of carbonyl (C=O) groups excluding carboxylic acids is 1. The Morgan fingerprint density at radius 3 is 2.43 bits per heavy atom. The second-order valence-electron chi connectivity index (χ2n) is 6.91. The van der Waals surface area contributed by atoms with Crippen molar-refractivity contribution in [2.75, 3.05) is 39.3 Å². The van der Waals surface area contributed by atoms with Crippen molar-refractivity contribution >= 4 is 38.9 Å². The molecule has 1 saturated heterocycles. The largest absolute Gasteiger partial charge is 0.494 e. The molecule has 2 heterocycles. The van der Waals surface area contributed by atoms with Crippen LogP contribution in [0.15, 0.2) is 41.3 Å². The monoisotopic (exact) mass is 471 g/mol. The Kier molecular flexibility index (Phi) is 8.13.